The predicted octanol–water partition coefficient (Wildman–Crippen LogP) is 1.08. The molecule has 0 saturated heterocycles. The van der Waals surface area contributed by atoms with Gasteiger partial charge >= 0.3 is 5.69 Å². The van der Waals surface area contributed by atoms with E-state index in [0.29, 0.717) is 5.56 Å². The zero-order chi connectivity index (χ0) is 13.8. The summed E-state index contributed by atoms with van der Waals surface area (Å²) in [6.07, 6.45) is 4.25. The minimum atomic E-state index is -0.441. The molecule has 19 heavy (non-hydrogen) atoms. The van der Waals surface area contributed by atoms with Crippen molar-refractivity contribution in [2.24, 2.45) is 5.73 Å². The van der Waals surface area contributed by atoms with Gasteiger partial charge in [-0.15, -0.1) is 0 Å². The second-order valence-electron chi connectivity index (χ2n) is 4.20. The van der Waals surface area contributed by atoms with Gasteiger partial charge in [-0.3, -0.25) is 14.3 Å². The van der Waals surface area contributed by atoms with Gasteiger partial charge in [-0.05, 0) is 24.8 Å². The highest BCUT2D eigenvalue weighted by Crippen LogP contribution is 2.15. The largest absolute Gasteiger partial charge is 0.405 e. The molecule has 1 aromatic heterocycles. The van der Waals surface area contributed by atoms with E-state index >= 15 is 0 Å². The molecule has 2 aromatic rings. The summed E-state index contributed by atoms with van der Waals surface area (Å²) in [5.41, 5.74) is 5.75. The highest BCUT2D eigenvalue weighted by Gasteiger charge is 2.10. The van der Waals surface area contributed by atoms with Crippen LogP contribution in [-0.2, 0) is 0 Å². The average molecular weight is 257 g/mol. The number of nitrogens with one attached hydrogen (secondary N) is 1. The molecule has 1 atom stereocenters. The van der Waals surface area contributed by atoms with Gasteiger partial charge in [0.15, 0.2) is 0 Å². The molecule has 0 aliphatic carbocycles. The van der Waals surface area contributed by atoms with E-state index in [4.69, 9.17) is 5.73 Å². The summed E-state index contributed by atoms with van der Waals surface area (Å²) in [5, 5.41) is 0. The second kappa shape index (κ2) is 5.39. The molecular formula is C14H15N3O2. The summed E-state index contributed by atoms with van der Waals surface area (Å²) in [7, 11) is 0. The van der Waals surface area contributed by atoms with Crippen molar-refractivity contribution >= 4 is 6.08 Å². The summed E-state index contributed by atoms with van der Waals surface area (Å²) >= 11 is 0. The van der Waals surface area contributed by atoms with Crippen molar-refractivity contribution in [3.05, 3.63) is 74.7 Å². The van der Waals surface area contributed by atoms with Crippen LogP contribution in [0.25, 0.3) is 6.08 Å². The second-order valence-corrected chi connectivity index (χ2v) is 4.20. The van der Waals surface area contributed by atoms with Crippen LogP contribution in [0.2, 0.25) is 0 Å². The van der Waals surface area contributed by atoms with Crippen molar-refractivity contribution in [3.8, 4) is 0 Å². The highest BCUT2D eigenvalue weighted by atomic mass is 16.2. The van der Waals surface area contributed by atoms with Crippen LogP contribution in [-0.4, -0.2) is 9.55 Å². The smallest absolute Gasteiger partial charge is 0.328 e. The fourth-order valence-electron chi connectivity index (χ4n) is 1.90. The van der Waals surface area contributed by atoms with Crippen LogP contribution < -0.4 is 17.0 Å². The first-order chi connectivity index (χ1) is 9.13. The van der Waals surface area contributed by atoms with Gasteiger partial charge in [0, 0.05) is 6.20 Å². The Morgan fingerprint density at radius 2 is 1.95 bits per heavy atom. The molecule has 0 saturated carbocycles. The zero-order valence-corrected chi connectivity index (χ0v) is 10.5. The van der Waals surface area contributed by atoms with E-state index in [1.165, 1.54) is 23.0 Å². The maximum Gasteiger partial charge on any atom is 0.328 e. The van der Waals surface area contributed by atoms with Crippen LogP contribution in [0, 0.1) is 0 Å². The fraction of sp³-hybridized carbons (Fsp3) is 0.143. The van der Waals surface area contributed by atoms with Gasteiger partial charge in [-0.25, -0.2) is 4.79 Å². The van der Waals surface area contributed by atoms with Crippen LogP contribution in [0.1, 0.15) is 24.1 Å². The van der Waals surface area contributed by atoms with Crippen LogP contribution >= 0.6 is 0 Å². The maximum atomic E-state index is 11.9. The molecule has 1 unspecified atom stereocenters. The van der Waals surface area contributed by atoms with Crippen molar-refractivity contribution in [1.82, 2.24) is 9.55 Å². The third-order valence-corrected chi connectivity index (χ3v) is 2.97. The highest BCUT2D eigenvalue weighted by molar-refractivity contribution is 5.45. The lowest BCUT2D eigenvalue weighted by Gasteiger charge is -2.15. The molecule has 0 amide bonds. The van der Waals surface area contributed by atoms with Gasteiger partial charge < -0.3 is 5.73 Å². The molecule has 1 aromatic carbocycles. The van der Waals surface area contributed by atoms with Gasteiger partial charge in [0.1, 0.15) is 0 Å². The van der Waals surface area contributed by atoms with Crippen LogP contribution in [0.5, 0.6) is 0 Å². The molecule has 0 aliphatic rings. The first kappa shape index (κ1) is 12.9. The van der Waals surface area contributed by atoms with Gasteiger partial charge in [0.05, 0.1) is 11.6 Å². The van der Waals surface area contributed by atoms with Gasteiger partial charge in [0.2, 0.25) is 0 Å². The molecular weight excluding hydrogens is 242 g/mol. The Morgan fingerprint density at radius 1 is 1.26 bits per heavy atom. The number of nitrogens with zero attached hydrogens (tertiary/aromatic N) is 1. The van der Waals surface area contributed by atoms with E-state index in [-0.39, 0.29) is 6.04 Å². The quantitative estimate of drug-likeness (QED) is 0.863. The third-order valence-electron chi connectivity index (χ3n) is 2.97. The summed E-state index contributed by atoms with van der Waals surface area (Å²) < 4.78 is 1.48. The first-order valence-electron chi connectivity index (χ1n) is 5.92. The van der Waals surface area contributed by atoms with Gasteiger partial charge in [-0.2, -0.15) is 0 Å². The van der Waals surface area contributed by atoms with E-state index in [9.17, 15) is 9.59 Å². The van der Waals surface area contributed by atoms with Crippen LogP contribution in [0.15, 0.2) is 52.3 Å². The molecule has 0 aliphatic heterocycles. The summed E-state index contributed by atoms with van der Waals surface area (Å²) in [5.74, 6) is 0. The van der Waals surface area contributed by atoms with Crippen molar-refractivity contribution in [1.29, 1.82) is 0 Å². The minimum Gasteiger partial charge on any atom is -0.405 e. The summed E-state index contributed by atoms with van der Waals surface area (Å²) in [4.78, 5) is 25.7. The Kier molecular flexibility index (Phi) is 3.66. The number of aromatic nitrogens is 2. The number of benzene rings is 1. The van der Waals surface area contributed by atoms with Crippen molar-refractivity contribution < 1.29 is 0 Å². The number of aromatic amines is 1. The molecule has 98 valence electrons. The Labute approximate surface area is 110 Å². The molecule has 0 spiro atoms. The topological polar surface area (TPSA) is 80.9 Å². The van der Waals surface area contributed by atoms with Crippen molar-refractivity contribution in [2.75, 3.05) is 0 Å². The van der Waals surface area contributed by atoms with Crippen molar-refractivity contribution in [3.63, 3.8) is 0 Å². The minimum absolute atomic E-state index is 0.171. The van der Waals surface area contributed by atoms with E-state index in [0.717, 1.165) is 5.56 Å². The van der Waals surface area contributed by atoms with E-state index < -0.39 is 11.2 Å². The average Bonchev–Trinajstić information content (AvgIpc) is 2.42. The summed E-state index contributed by atoms with van der Waals surface area (Å²) in [6, 6.07) is 9.41. The SMILES string of the molecule is CC(c1ccccc1)n1cc(/C=C/N)c(=O)[nH]c1=O. The molecule has 0 fully saturated rings. The van der Waals surface area contributed by atoms with E-state index in [1.807, 2.05) is 37.3 Å². The standard InChI is InChI=1S/C14H15N3O2/c1-10(11-5-3-2-4-6-11)17-9-12(7-8-15)13(18)16-14(17)19/h2-10H,15H2,1H3,(H,16,18,19)/b8-7+. The molecule has 2 rings (SSSR count). The molecule has 5 heteroatoms. The number of H-pyrrole nitrogens is 1. The first-order valence-corrected chi connectivity index (χ1v) is 5.92. The van der Waals surface area contributed by atoms with Gasteiger partial charge in [-0.1, -0.05) is 30.3 Å². The zero-order valence-electron chi connectivity index (χ0n) is 10.5. The van der Waals surface area contributed by atoms with Crippen molar-refractivity contribution in [2.45, 2.75) is 13.0 Å². The number of hydrogen-bond donors (Lipinski definition) is 2. The van der Waals surface area contributed by atoms with Crippen LogP contribution in [0.3, 0.4) is 0 Å². The third kappa shape index (κ3) is 2.65. The monoisotopic (exact) mass is 257 g/mol. The lowest BCUT2D eigenvalue weighted by atomic mass is 10.1. The fourth-order valence-corrected chi connectivity index (χ4v) is 1.90. The van der Waals surface area contributed by atoms with E-state index in [1.54, 1.807) is 0 Å². The lowest BCUT2D eigenvalue weighted by Crippen LogP contribution is -2.32. The lowest BCUT2D eigenvalue weighted by molar-refractivity contribution is 0.593. The van der Waals surface area contributed by atoms with Gasteiger partial charge in [0.25, 0.3) is 5.56 Å². The number of hydrogen-bond acceptors (Lipinski definition) is 3. The molecule has 0 radical (unpaired) electrons. The molecule has 0 bridgehead atoms. The summed E-state index contributed by atoms with van der Waals surface area (Å²) in [6.45, 7) is 1.89. The van der Waals surface area contributed by atoms with Crippen LogP contribution in [0.4, 0.5) is 0 Å². The molecule has 3 N–H and O–H groups in total. The molecule has 5 nitrogen and oxygen atoms in total. The Bertz CT molecular complexity index is 699. The normalized spacial score (nSPS) is 12.7. The molecule has 1 heterocycles. The Morgan fingerprint density at radius 3 is 2.58 bits per heavy atom. The number of nitrogens with two attached hydrogens (primary N) is 1. The van der Waals surface area contributed by atoms with E-state index in [2.05, 4.69) is 4.98 Å². The maximum absolute atomic E-state index is 11.9. The predicted molar refractivity (Wildman–Crippen MR) is 74.8 cm³/mol. The Balaban J connectivity index is 2.54. The Hall–Kier alpha value is -2.56. The number of rotatable bonds is 3.